The first-order valence-electron chi connectivity index (χ1n) is 9.89. The average Bonchev–Trinajstić information content (AvgIpc) is 2.70. The summed E-state index contributed by atoms with van der Waals surface area (Å²) in [5.41, 5.74) is -3.14. The lowest BCUT2D eigenvalue weighted by Gasteiger charge is -2.22. The third-order valence-corrected chi connectivity index (χ3v) is 4.26. The van der Waals surface area contributed by atoms with E-state index in [4.69, 9.17) is 4.74 Å². The van der Waals surface area contributed by atoms with Gasteiger partial charge in [-0.05, 0) is 55.7 Å². The van der Waals surface area contributed by atoms with Crippen molar-refractivity contribution in [1.29, 1.82) is 0 Å². The van der Waals surface area contributed by atoms with E-state index in [1.54, 1.807) is 0 Å². The molecule has 0 fully saturated rings. The molecule has 0 heterocycles. The second-order valence-electron chi connectivity index (χ2n) is 8.40. The Balaban J connectivity index is 2.36. The van der Waals surface area contributed by atoms with E-state index in [1.165, 1.54) is 39.0 Å². The average molecular weight is 515 g/mol. The summed E-state index contributed by atoms with van der Waals surface area (Å²) in [4.78, 5) is 11.8. The second-order valence-corrected chi connectivity index (χ2v) is 8.40. The van der Waals surface area contributed by atoms with Crippen LogP contribution in [0.1, 0.15) is 49.1 Å². The van der Waals surface area contributed by atoms with Crippen LogP contribution in [0.25, 0.3) is 0 Å². The van der Waals surface area contributed by atoms with Crippen LogP contribution < -0.4 is 4.74 Å². The number of hydrogen-bond donors (Lipinski definition) is 1. The number of halogens is 8. The third-order valence-electron chi connectivity index (χ3n) is 4.26. The highest BCUT2D eigenvalue weighted by molar-refractivity contribution is 5.66. The Morgan fingerprint density at radius 3 is 2.17 bits per heavy atom. The van der Waals surface area contributed by atoms with Gasteiger partial charge in [-0.2, -0.15) is 30.7 Å². The number of amides is 1. The SMILES string of the molecule is CC(C)(C)OC(=O)N(F)Cc1cccc(C(O)c2cc(OC(F)(F)C(F)F)cc(C(F)(F)F)c2)c1. The van der Waals surface area contributed by atoms with Crippen molar-refractivity contribution < 1.29 is 54.6 Å². The molecular weight excluding hydrogens is 494 g/mol. The monoisotopic (exact) mass is 515 g/mol. The van der Waals surface area contributed by atoms with Gasteiger partial charge in [-0.25, -0.2) is 4.79 Å². The van der Waals surface area contributed by atoms with Crippen molar-refractivity contribution in [2.45, 2.75) is 57.7 Å². The van der Waals surface area contributed by atoms with Crippen molar-refractivity contribution >= 4 is 6.09 Å². The molecule has 0 radical (unpaired) electrons. The molecule has 13 heteroatoms. The molecule has 1 N–H and O–H groups in total. The van der Waals surface area contributed by atoms with E-state index < -0.39 is 59.9 Å². The summed E-state index contributed by atoms with van der Waals surface area (Å²) in [7, 11) is 0. The molecule has 2 aromatic carbocycles. The predicted octanol–water partition coefficient (Wildman–Crippen LogP) is 6.65. The first-order chi connectivity index (χ1) is 15.9. The minimum Gasteiger partial charge on any atom is -0.442 e. The molecule has 0 aliphatic carbocycles. The number of aliphatic hydroxyl groups excluding tert-OH is 1. The first-order valence-corrected chi connectivity index (χ1v) is 9.89. The van der Waals surface area contributed by atoms with Crippen LogP contribution in [-0.2, 0) is 17.5 Å². The zero-order valence-corrected chi connectivity index (χ0v) is 18.5. The molecule has 1 amide bonds. The Bertz CT molecular complexity index is 1040. The molecule has 1 unspecified atom stereocenters. The smallest absolute Gasteiger partial charge is 0.442 e. The fourth-order valence-corrected chi connectivity index (χ4v) is 2.79. The zero-order chi connectivity index (χ0) is 26.8. The maximum absolute atomic E-state index is 14.2. The van der Waals surface area contributed by atoms with Crippen molar-refractivity contribution in [1.82, 2.24) is 5.12 Å². The fourth-order valence-electron chi connectivity index (χ4n) is 2.79. The summed E-state index contributed by atoms with van der Waals surface area (Å²) in [6, 6.07) is 6.08. The molecule has 0 saturated heterocycles. The van der Waals surface area contributed by atoms with E-state index in [2.05, 4.69) is 4.74 Å². The molecule has 2 rings (SSSR count). The van der Waals surface area contributed by atoms with Gasteiger partial charge in [0.2, 0.25) is 0 Å². The second kappa shape index (κ2) is 10.3. The molecule has 35 heavy (non-hydrogen) atoms. The highest BCUT2D eigenvalue weighted by Gasteiger charge is 2.44. The van der Waals surface area contributed by atoms with Gasteiger partial charge in [-0.3, -0.25) is 0 Å². The van der Waals surface area contributed by atoms with Gasteiger partial charge in [0.1, 0.15) is 17.5 Å². The molecular formula is C22H21F8NO4. The van der Waals surface area contributed by atoms with Gasteiger partial charge in [0.25, 0.3) is 0 Å². The van der Waals surface area contributed by atoms with Gasteiger partial charge >= 0.3 is 24.8 Å². The maximum Gasteiger partial charge on any atom is 0.461 e. The zero-order valence-electron chi connectivity index (χ0n) is 18.5. The quantitative estimate of drug-likeness (QED) is 0.332. The Morgan fingerprint density at radius 1 is 1.00 bits per heavy atom. The largest absolute Gasteiger partial charge is 0.461 e. The Hall–Kier alpha value is -3.09. The number of ether oxygens (including phenoxy) is 2. The predicted molar refractivity (Wildman–Crippen MR) is 106 cm³/mol. The summed E-state index contributed by atoms with van der Waals surface area (Å²) in [5, 5.41) is 10.3. The number of carbonyl (C=O) groups is 1. The van der Waals surface area contributed by atoms with Crippen LogP contribution >= 0.6 is 0 Å². The molecule has 2 aromatic rings. The van der Waals surface area contributed by atoms with Crippen molar-refractivity contribution in [2.24, 2.45) is 0 Å². The van der Waals surface area contributed by atoms with Gasteiger partial charge < -0.3 is 14.6 Å². The molecule has 1 atom stereocenters. The number of rotatable bonds is 7. The van der Waals surface area contributed by atoms with Gasteiger partial charge in [-0.1, -0.05) is 28.7 Å². The van der Waals surface area contributed by atoms with E-state index in [1.807, 2.05) is 0 Å². The summed E-state index contributed by atoms with van der Waals surface area (Å²) in [6.45, 7) is 3.90. The number of benzene rings is 2. The Labute approximate surface area is 194 Å². The normalized spacial score (nSPS) is 13.5. The molecule has 0 saturated carbocycles. The van der Waals surface area contributed by atoms with Crippen molar-refractivity contribution in [3.8, 4) is 5.75 Å². The van der Waals surface area contributed by atoms with Gasteiger partial charge in [0.05, 0.1) is 12.1 Å². The van der Waals surface area contributed by atoms with Crippen LogP contribution in [0.2, 0.25) is 0 Å². The van der Waals surface area contributed by atoms with E-state index in [-0.39, 0.29) is 22.3 Å². The summed E-state index contributed by atoms with van der Waals surface area (Å²) in [6.07, 6.45) is -17.7. The minimum absolute atomic E-state index is 0.0880. The molecule has 0 aromatic heterocycles. The first kappa shape index (κ1) is 28.1. The molecule has 5 nitrogen and oxygen atoms in total. The molecule has 0 aliphatic rings. The number of aliphatic hydroxyl groups is 1. The fraction of sp³-hybridized carbons (Fsp3) is 0.409. The third kappa shape index (κ3) is 7.98. The topological polar surface area (TPSA) is 59.0 Å². The minimum atomic E-state index is -5.09. The van der Waals surface area contributed by atoms with Crippen LogP contribution in [0.15, 0.2) is 42.5 Å². The van der Waals surface area contributed by atoms with Crippen LogP contribution in [0, 0.1) is 0 Å². The van der Waals surface area contributed by atoms with Crippen LogP contribution in [0.5, 0.6) is 5.75 Å². The van der Waals surface area contributed by atoms with Gasteiger partial charge in [0, 0.05) is 0 Å². The number of nitrogens with zero attached hydrogens (tertiary/aromatic N) is 1. The molecule has 0 aliphatic heterocycles. The molecule has 0 bridgehead atoms. The maximum atomic E-state index is 14.2. The highest BCUT2D eigenvalue weighted by Crippen LogP contribution is 2.37. The number of carbonyl (C=O) groups excluding carboxylic acids is 1. The molecule has 194 valence electrons. The van der Waals surface area contributed by atoms with E-state index in [0.717, 1.165) is 6.07 Å². The van der Waals surface area contributed by atoms with Crippen molar-refractivity contribution in [2.75, 3.05) is 0 Å². The highest BCUT2D eigenvalue weighted by atomic mass is 19.4. The van der Waals surface area contributed by atoms with Crippen LogP contribution in [0.3, 0.4) is 0 Å². The molecule has 0 spiro atoms. The lowest BCUT2D eigenvalue weighted by atomic mass is 9.97. The van der Waals surface area contributed by atoms with E-state index in [0.29, 0.717) is 12.1 Å². The van der Waals surface area contributed by atoms with E-state index in [9.17, 15) is 45.1 Å². The van der Waals surface area contributed by atoms with Crippen molar-refractivity contribution in [3.63, 3.8) is 0 Å². The number of alkyl halides is 7. The Morgan fingerprint density at radius 2 is 1.63 bits per heavy atom. The lowest BCUT2D eigenvalue weighted by Crippen LogP contribution is -2.33. The van der Waals surface area contributed by atoms with Crippen LogP contribution in [0.4, 0.5) is 40.0 Å². The lowest BCUT2D eigenvalue weighted by molar-refractivity contribution is -0.253. The standard InChI is InChI=1S/C22H21F8NO4/c1-20(2,3)35-19(33)31(30)11-12-5-4-6-13(7-12)17(32)14-8-15(21(25,26)27)10-16(9-14)34-22(28,29)18(23)24/h4-10,17-18,32H,11H2,1-3H3. The number of hydrogen-bond acceptors (Lipinski definition) is 4. The van der Waals surface area contributed by atoms with Crippen molar-refractivity contribution in [3.05, 3.63) is 64.7 Å². The van der Waals surface area contributed by atoms with E-state index >= 15 is 0 Å². The summed E-state index contributed by atoms with van der Waals surface area (Å²) >= 11 is 0. The summed E-state index contributed by atoms with van der Waals surface area (Å²) in [5.74, 6) is -1.25. The van der Waals surface area contributed by atoms with Crippen LogP contribution in [-0.4, -0.2) is 34.5 Å². The Kier molecular flexibility index (Phi) is 8.25. The van der Waals surface area contributed by atoms with Gasteiger partial charge in [0.15, 0.2) is 0 Å². The summed E-state index contributed by atoms with van der Waals surface area (Å²) < 4.78 is 114. The van der Waals surface area contributed by atoms with Gasteiger partial charge in [-0.15, -0.1) is 5.12 Å².